The Kier molecular flexibility index (Phi) is 5.42. The van der Waals surface area contributed by atoms with Gasteiger partial charge in [0.1, 0.15) is 0 Å². The summed E-state index contributed by atoms with van der Waals surface area (Å²) in [6, 6.07) is 11.0. The molecule has 18 heavy (non-hydrogen) atoms. The molecule has 0 bridgehead atoms. The standard InChI is InChI=1S/C14H15Br2NS/c1-2-17-13(9-14-12(16)7-8-18-14)10-3-5-11(15)6-4-10/h3-8,13,17H,2,9H2,1H3. The molecule has 0 aliphatic rings. The first-order chi connectivity index (χ1) is 8.70. The van der Waals surface area contributed by atoms with Gasteiger partial charge in [-0.3, -0.25) is 0 Å². The third-order valence-corrected chi connectivity index (χ3v) is 5.28. The summed E-state index contributed by atoms with van der Waals surface area (Å²) in [5, 5.41) is 5.68. The van der Waals surface area contributed by atoms with Gasteiger partial charge in [-0.1, -0.05) is 35.0 Å². The average Bonchev–Trinajstić information content (AvgIpc) is 2.76. The van der Waals surface area contributed by atoms with Crippen molar-refractivity contribution in [1.82, 2.24) is 5.32 Å². The molecule has 2 rings (SSSR count). The van der Waals surface area contributed by atoms with Crippen molar-refractivity contribution in [3.05, 3.63) is 55.1 Å². The second kappa shape index (κ2) is 6.85. The SMILES string of the molecule is CCNC(Cc1sccc1Br)c1ccc(Br)cc1. The molecule has 0 aliphatic heterocycles. The van der Waals surface area contributed by atoms with E-state index in [1.54, 1.807) is 11.3 Å². The van der Waals surface area contributed by atoms with Crippen molar-refractivity contribution < 1.29 is 0 Å². The van der Waals surface area contributed by atoms with E-state index in [0.717, 1.165) is 17.4 Å². The number of rotatable bonds is 5. The lowest BCUT2D eigenvalue weighted by Crippen LogP contribution is -2.22. The number of hydrogen-bond donors (Lipinski definition) is 1. The zero-order valence-corrected chi connectivity index (χ0v) is 14.1. The summed E-state index contributed by atoms with van der Waals surface area (Å²) in [6.07, 6.45) is 1.02. The Hall–Kier alpha value is -0.160. The third-order valence-electron chi connectivity index (χ3n) is 2.80. The highest BCUT2D eigenvalue weighted by molar-refractivity contribution is 9.10. The second-order valence-electron chi connectivity index (χ2n) is 4.06. The fraction of sp³-hybridized carbons (Fsp3) is 0.286. The van der Waals surface area contributed by atoms with E-state index in [1.165, 1.54) is 14.9 Å². The molecule has 2 aromatic rings. The predicted octanol–water partition coefficient (Wildman–Crippen LogP) is 5.17. The molecular weight excluding hydrogens is 374 g/mol. The van der Waals surface area contributed by atoms with Crippen LogP contribution in [-0.2, 0) is 6.42 Å². The number of likely N-dealkylation sites (N-methyl/N-ethyl adjacent to an activating group) is 1. The summed E-state index contributed by atoms with van der Waals surface area (Å²) >= 11 is 8.89. The predicted molar refractivity (Wildman–Crippen MR) is 86.3 cm³/mol. The first kappa shape index (κ1) is 14.3. The molecule has 0 saturated carbocycles. The maximum Gasteiger partial charge on any atom is 0.0369 e. The van der Waals surface area contributed by atoms with Gasteiger partial charge in [0.2, 0.25) is 0 Å². The summed E-state index contributed by atoms with van der Waals surface area (Å²) in [5.41, 5.74) is 1.33. The number of nitrogens with one attached hydrogen (secondary N) is 1. The number of benzene rings is 1. The van der Waals surface area contributed by atoms with Crippen LogP contribution in [0.3, 0.4) is 0 Å². The van der Waals surface area contributed by atoms with Crippen molar-refractivity contribution >= 4 is 43.2 Å². The smallest absolute Gasteiger partial charge is 0.0369 e. The summed E-state index contributed by atoms with van der Waals surface area (Å²) < 4.78 is 2.34. The quantitative estimate of drug-likeness (QED) is 0.745. The summed E-state index contributed by atoms with van der Waals surface area (Å²) in [6.45, 7) is 3.12. The molecular formula is C14H15Br2NS. The van der Waals surface area contributed by atoms with E-state index in [0.29, 0.717) is 6.04 Å². The molecule has 1 atom stereocenters. The lowest BCUT2D eigenvalue weighted by atomic mass is 10.0. The molecule has 0 aliphatic carbocycles. The second-order valence-corrected chi connectivity index (χ2v) is 6.83. The van der Waals surface area contributed by atoms with Crippen LogP contribution in [0.1, 0.15) is 23.4 Å². The summed E-state index contributed by atoms with van der Waals surface area (Å²) in [4.78, 5) is 1.39. The van der Waals surface area contributed by atoms with Crippen molar-refractivity contribution in [3.8, 4) is 0 Å². The number of thiophene rings is 1. The largest absolute Gasteiger partial charge is 0.310 e. The minimum Gasteiger partial charge on any atom is -0.310 e. The zero-order valence-electron chi connectivity index (χ0n) is 10.1. The number of halogens is 2. The zero-order chi connectivity index (χ0) is 13.0. The van der Waals surface area contributed by atoms with Crippen LogP contribution in [0.2, 0.25) is 0 Å². The van der Waals surface area contributed by atoms with Gasteiger partial charge < -0.3 is 5.32 Å². The highest BCUT2D eigenvalue weighted by Gasteiger charge is 2.13. The first-order valence-electron chi connectivity index (χ1n) is 5.91. The fourth-order valence-electron chi connectivity index (χ4n) is 1.91. The van der Waals surface area contributed by atoms with Gasteiger partial charge in [0.15, 0.2) is 0 Å². The van der Waals surface area contributed by atoms with Gasteiger partial charge in [-0.2, -0.15) is 0 Å². The van der Waals surface area contributed by atoms with Crippen LogP contribution in [0.5, 0.6) is 0 Å². The molecule has 4 heteroatoms. The fourth-order valence-corrected chi connectivity index (χ4v) is 3.73. The Bertz CT molecular complexity index is 493. The Balaban J connectivity index is 2.18. The van der Waals surface area contributed by atoms with Crippen LogP contribution in [-0.4, -0.2) is 6.54 Å². The monoisotopic (exact) mass is 387 g/mol. The van der Waals surface area contributed by atoms with Gasteiger partial charge in [0.05, 0.1) is 0 Å². The van der Waals surface area contributed by atoms with E-state index in [2.05, 4.69) is 79.8 Å². The molecule has 0 saturated heterocycles. The van der Waals surface area contributed by atoms with E-state index in [4.69, 9.17) is 0 Å². The van der Waals surface area contributed by atoms with Crippen LogP contribution in [0.4, 0.5) is 0 Å². The van der Waals surface area contributed by atoms with Crippen molar-refractivity contribution in [1.29, 1.82) is 0 Å². The van der Waals surface area contributed by atoms with Crippen LogP contribution in [0.15, 0.2) is 44.7 Å². The van der Waals surface area contributed by atoms with Crippen molar-refractivity contribution in [3.63, 3.8) is 0 Å². The normalized spacial score (nSPS) is 12.6. The van der Waals surface area contributed by atoms with Gasteiger partial charge in [-0.05, 0) is 51.6 Å². The first-order valence-corrected chi connectivity index (χ1v) is 8.38. The summed E-state index contributed by atoms with van der Waals surface area (Å²) in [5.74, 6) is 0. The van der Waals surface area contributed by atoms with E-state index in [9.17, 15) is 0 Å². The molecule has 0 amide bonds. The molecule has 1 unspecified atom stereocenters. The van der Waals surface area contributed by atoms with Crippen LogP contribution >= 0.6 is 43.2 Å². The van der Waals surface area contributed by atoms with Crippen molar-refractivity contribution in [2.45, 2.75) is 19.4 Å². The molecule has 0 radical (unpaired) electrons. The Labute approximate surface area is 129 Å². The van der Waals surface area contributed by atoms with E-state index in [1.807, 2.05) is 0 Å². The van der Waals surface area contributed by atoms with E-state index >= 15 is 0 Å². The van der Waals surface area contributed by atoms with Gasteiger partial charge in [0.25, 0.3) is 0 Å². The van der Waals surface area contributed by atoms with Crippen LogP contribution < -0.4 is 5.32 Å². The number of hydrogen-bond acceptors (Lipinski definition) is 2. The Morgan fingerprint density at radius 3 is 2.44 bits per heavy atom. The van der Waals surface area contributed by atoms with Gasteiger partial charge >= 0.3 is 0 Å². The van der Waals surface area contributed by atoms with E-state index in [-0.39, 0.29) is 0 Å². The van der Waals surface area contributed by atoms with Crippen molar-refractivity contribution in [2.24, 2.45) is 0 Å². The van der Waals surface area contributed by atoms with Gasteiger partial charge in [-0.15, -0.1) is 11.3 Å². The van der Waals surface area contributed by atoms with Crippen LogP contribution in [0.25, 0.3) is 0 Å². The average molecular weight is 389 g/mol. The lowest BCUT2D eigenvalue weighted by molar-refractivity contribution is 0.552. The maximum atomic E-state index is 3.61. The Morgan fingerprint density at radius 2 is 1.89 bits per heavy atom. The van der Waals surface area contributed by atoms with Gasteiger partial charge in [-0.25, -0.2) is 0 Å². The topological polar surface area (TPSA) is 12.0 Å². The molecule has 1 nitrogen and oxygen atoms in total. The molecule has 0 spiro atoms. The molecule has 96 valence electrons. The van der Waals surface area contributed by atoms with Crippen molar-refractivity contribution in [2.75, 3.05) is 6.54 Å². The molecule has 1 N–H and O–H groups in total. The minimum atomic E-state index is 0.373. The van der Waals surface area contributed by atoms with Crippen LogP contribution in [0, 0.1) is 0 Å². The lowest BCUT2D eigenvalue weighted by Gasteiger charge is -2.18. The summed E-state index contributed by atoms with van der Waals surface area (Å²) in [7, 11) is 0. The highest BCUT2D eigenvalue weighted by atomic mass is 79.9. The molecule has 1 aromatic carbocycles. The van der Waals surface area contributed by atoms with E-state index < -0.39 is 0 Å². The molecule has 0 fully saturated rings. The Morgan fingerprint density at radius 1 is 1.17 bits per heavy atom. The molecule has 1 heterocycles. The third kappa shape index (κ3) is 3.67. The highest BCUT2D eigenvalue weighted by Crippen LogP contribution is 2.28. The molecule has 1 aromatic heterocycles. The minimum absolute atomic E-state index is 0.373. The van der Waals surface area contributed by atoms with Gasteiger partial charge in [0, 0.05) is 26.3 Å². The maximum absolute atomic E-state index is 3.61.